The number of nitro benzene ring substituents is 1. The Bertz CT molecular complexity index is 875. The van der Waals surface area contributed by atoms with Crippen molar-refractivity contribution < 1.29 is 29.1 Å². The lowest BCUT2D eigenvalue weighted by Crippen LogP contribution is -2.37. The number of carbonyl (C=O) groups is 2. The fraction of sp³-hybridized carbons (Fsp3) is 0.733. The Morgan fingerprint density at radius 3 is 1.77 bits per heavy atom. The molecule has 1 aromatic carbocycles. The standard InChI is InChI=1S/C30H50N2O7/c1-5-6-7-8-9-10-11-12-13-14-15-16-17-18-19-24(30(35)31(2)23-29(33)34)20-25-21-27(38-3)28(39-4)22-26(25)32(36)37/h21-22,24H,5-20,23H2,1-4H3,(H,33,34). The lowest BCUT2D eigenvalue weighted by molar-refractivity contribution is -0.385. The van der Waals surface area contributed by atoms with E-state index >= 15 is 0 Å². The number of unbranched alkanes of at least 4 members (excludes halogenated alkanes) is 13. The first kappa shape index (κ1) is 34.2. The van der Waals surface area contributed by atoms with Gasteiger partial charge >= 0.3 is 5.97 Å². The summed E-state index contributed by atoms with van der Waals surface area (Å²) in [7, 11) is 4.31. The molecule has 0 aliphatic heterocycles. The summed E-state index contributed by atoms with van der Waals surface area (Å²) in [5, 5.41) is 20.9. The lowest BCUT2D eigenvalue weighted by Gasteiger charge is -2.23. The van der Waals surface area contributed by atoms with E-state index in [4.69, 9.17) is 14.6 Å². The highest BCUT2D eigenvalue weighted by molar-refractivity contribution is 5.83. The van der Waals surface area contributed by atoms with Crippen molar-refractivity contribution in [2.24, 2.45) is 5.92 Å². The van der Waals surface area contributed by atoms with Crippen molar-refractivity contribution in [3.05, 3.63) is 27.8 Å². The zero-order valence-electron chi connectivity index (χ0n) is 24.5. The second kappa shape index (κ2) is 20.1. The topological polar surface area (TPSA) is 119 Å². The van der Waals surface area contributed by atoms with Crippen LogP contribution in [0.3, 0.4) is 0 Å². The van der Waals surface area contributed by atoms with E-state index in [1.54, 1.807) is 6.07 Å². The van der Waals surface area contributed by atoms with Gasteiger partial charge in [-0.25, -0.2) is 0 Å². The molecule has 0 spiro atoms. The van der Waals surface area contributed by atoms with Crippen LogP contribution < -0.4 is 9.47 Å². The van der Waals surface area contributed by atoms with Crippen molar-refractivity contribution in [1.29, 1.82) is 0 Å². The van der Waals surface area contributed by atoms with Crippen molar-refractivity contribution in [3.63, 3.8) is 0 Å². The zero-order valence-corrected chi connectivity index (χ0v) is 24.5. The molecule has 1 N–H and O–H groups in total. The van der Waals surface area contributed by atoms with Gasteiger partial charge in [-0.05, 0) is 18.9 Å². The van der Waals surface area contributed by atoms with Crippen molar-refractivity contribution in [2.75, 3.05) is 27.8 Å². The fourth-order valence-electron chi connectivity index (χ4n) is 5.00. The summed E-state index contributed by atoms with van der Waals surface area (Å²) < 4.78 is 10.5. The van der Waals surface area contributed by atoms with E-state index in [9.17, 15) is 19.7 Å². The molecule has 0 bridgehead atoms. The number of amides is 1. The van der Waals surface area contributed by atoms with Gasteiger partial charge in [0.25, 0.3) is 5.69 Å². The van der Waals surface area contributed by atoms with Gasteiger partial charge in [-0.2, -0.15) is 0 Å². The predicted molar refractivity (Wildman–Crippen MR) is 154 cm³/mol. The first-order valence-electron chi connectivity index (χ1n) is 14.6. The molecule has 9 heteroatoms. The molecule has 0 radical (unpaired) electrons. The SMILES string of the molecule is CCCCCCCCCCCCCCCCC(Cc1cc(OC)c(OC)cc1[N+](=O)[O-])C(=O)N(C)CC(=O)O. The molecule has 0 aliphatic rings. The minimum atomic E-state index is -1.10. The van der Waals surface area contributed by atoms with Crippen LogP contribution in [-0.4, -0.2) is 54.6 Å². The van der Waals surface area contributed by atoms with E-state index in [0.717, 1.165) is 25.7 Å². The molecule has 1 aromatic rings. The van der Waals surface area contributed by atoms with E-state index < -0.39 is 23.4 Å². The van der Waals surface area contributed by atoms with Crippen LogP contribution in [0.5, 0.6) is 11.5 Å². The number of nitrogens with zero attached hydrogens (tertiary/aromatic N) is 2. The molecule has 0 heterocycles. The van der Waals surface area contributed by atoms with E-state index in [0.29, 0.717) is 17.7 Å². The average molecular weight is 551 g/mol. The summed E-state index contributed by atoms with van der Waals surface area (Å²) in [6.07, 6.45) is 17.8. The average Bonchev–Trinajstić information content (AvgIpc) is 2.91. The van der Waals surface area contributed by atoms with Crippen molar-refractivity contribution >= 4 is 17.6 Å². The molecule has 1 amide bonds. The van der Waals surface area contributed by atoms with Gasteiger partial charge in [-0.1, -0.05) is 96.8 Å². The fourth-order valence-corrected chi connectivity index (χ4v) is 5.00. The molecule has 0 fully saturated rings. The number of nitro groups is 1. The van der Waals surface area contributed by atoms with E-state index in [1.807, 2.05) is 0 Å². The Morgan fingerprint density at radius 1 is 0.872 bits per heavy atom. The highest BCUT2D eigenvalue weighted by atomic mass is 16.6. The molecule has 1 unspecified atom stereocenters. The van der Waals surface area contributed by atoms with Gasteiger partial charge < -0.3 is 19.5 Å². The Kier molecular flexibility index (Phi) is 17.6. The molecular weight excluding hydrogens is 500 g/mol. The maximum atomic E-state index is 13.1. The number of aliphatic carboxylic acids is 1. The number of hydrogen-bond donors (Lipinski definition) is 1. The van der Waals surface area contributed by atoms with Crippen molar-refractivity contribution in [2.45, 2.75) is 110 Å². The minimum Gasteiger partial charge on any atom is -0.493 e. The molecule has 222 valence electrons. The van der Waals surface area contributed by atoms with Gasteiger partial charge in [0.1, 0.15) is 6.54 Å². The van der Waals surface area contributed by atoms with Crippen LogP contribution in [0.2, 0.25) is 0 Å². The van der Waals surface area contributed by atoms with Crippen LogP contribution in [-0.2, 0) is 16.0 Å². The molecule has 0 saturated carbocycles. The number of ether oxygens (including phenoxy) is 2. The van der Waals surface area contributed by atoms with Gasteiger partial charge in [-0.15, -0.1) is 0 Å². The number of methoxy groups -OCH3 is 2. The largest absolute Gasteiger partial charge is 0.493 e. The summed E-state index contributed by atoms with van der Waals surface area (Å²) in [6, 6.07) is 2.85. The van der Waals surface area contributed by atoms with Gasteiger partial charge in [0.2, 0.25) is 5.91 Å². The molecular formula is C30H50N2O7. The van der Waals surface area contributed by atoms with Gasteiger partial charge in [0.15, 0.2) is 11.5 Å². The van der Waals surface area contributed by atoms with Crippen LogP contribution in [0, 0.1) is 16.0 Å². The lowest BCUT2D eigenvalue weighted by atomic mass is 9.91. The number of rotatable bonds is 23. The number of carbonyl (C=O) groups excluding carboxylic acids is 1. The second-order valence-electron chi connectivity index (χ2n) is 10.5. The summed E-state index contributed by atoms with van der Waals surface area (Å²) in [4.78, 5) is 36.8. The predicted octanol–water partition coefficient (Wildman–Crippen LogP) is 7.19. The molecule has 0 saturated heterocycles. The Labute approximate surface area is 234 Å². The van der Waals surface area contributed by atoms with E-state index in [-0.39, 0.29) is 23.8 Å². The number of carboxylic acids is 1. The first-order chi connectivity index (χ1) is 18.7. The summed E-state index contributed by atoms with van der Waals surface area (Å²) in [6.45, 7) is 1.83. The highest BCUT2D eigenvalue weighted by Crippen LogP contribution is 2.36. The normalized spacial score (nSPS) is 11.7. The molecule has 0 aromatic heterocycles. The second-order valence-corrected chi connectivity index (χ2v) is 10.5. The molecule has 39 heavy (non-hydrogen) atoms. The zero-order chi connectivity index (χ0) is 29.0. The van der Waals surface area contributed by atoms with Crippen LogP contribution in [0.1, 0.15) is 109 Å². The van der Waals surface area contributed by atoms with Crippen LogP contribution in [0.15, 0.2) is 12.1 Å². The quantitative estimate of drug-likeness (QED) is 0.0870. The molecule has 9 nitrogen and oxygen atoms in total. The van der Waals surface area contributed by atoms with Gasteiger partial charge in [0, 0.05) is 18.5 Å². The molecule has 1 atom stereocenters. The van der Waals surface area contributed by atoms with Crippen molar-refractivity contribution in [1.82, 2.24) is 4.90 Å². The Hall–Kier alpha value is -2.84. The monoisotopic (exact) mass is 550 g/mol. The third-order valence-corrected chi connectivity index (χ3v) is 7.25. The van der Waals surface area contributed by atoms with Crippen LogP contribution in [0.25, 0.3) is 0 Å². The number of benzene rings is 1. The maximum absolute atomic E-state index is 13.1. The van der Waals surface area contributed by atoms with Crippen molar-refractivity contribution in [3.8, 4) is 11.5 Å². The third kappa shape index (κ3) is 13.7. The van der Waals surface area contributed by atoms with E-state index in [1.165, 1.54) is 96.4 Å². The summed E-state index contributed by atoms with van der Waals surface area (Å²) in [5.74, 6) is -1.40. The summed E-state index contributed by atoms with van der Waals surface area (Å²) in [5.41, 5.74) is 0.220. The minimum absolute atomic E-state index is 0.123. The molecule has 0 aliphatic carbocycles. The molecule has 1 rings (SSSR count). The maximum Gasteiger partial charge on any atom is 0.323 e. The number of hydrogen-bond acceptors (Lipinski definition) is 6. The van der Waals surface area contributed by atoms with Gasteiger partial charge in [-0.3, -0.25) is 19.7 Å². The third-order valence-electron chi connectivity index (χ3n) is 7.25. The highest BCUT2D eigenvalue weighted by Gasteiger charge is 2.28. The Balaban J connectivity index is 2.63. The number of carboxylic acid groups (broad SMARTS) is 1. The summed E-state index contributed by atoms with van der Waals surface area (Å²) >= 11 is 0. The van der Waals surface area contributed by atoms with Gasteiger partial charge in [0.05, 0.1) is 25.2 Å². The smallest absolute Gasteiger partial charge is 0.323 e. The Morgan fingerprint density at radius 2 is 1.33 bits per heavy atom. The number of likely N-dealkylation sites (N-methyl/N-ethyl adjacent to an activating group) is 1. The first-order valence-corrected chi connectivity index (χ1v) is 14.6. The van der Waals surface area contributed by atoms with Crippen LogP contribution >= 0.6 is 0 Å². The van der Waals surface area contributed by atoms with Crippen LogP contribution in [0.4, 0.5) is 5.69 Å². The van der Waals surface area contributed by atoms with E-state index in [2.05, 4.69) is 6.92 Å².